The highest BCUT2D eigenvalue weighted by atomic mass is 32.2. The minimum absolute atomic E-state index is 0.0272. The van der Waals surface area contributed by atoms with Crippen LogP contribution >= 0.6 is 0 Å². The molecule has 0 spiro atoms. The number of fused-ring (bicyclic) bond motifs is 1. The van der Waals surface area contributed by atoms with Gasteiger partial charge in [-0.15, -0.1) is 0 Å². The van der Waals surface area contributed by atoms with Gasteiger partial charge in [0, 0.05) is 37.9 Å². The van der Waals surface area contributed by atoms with E-state index < -0.39 is 10.0 Å². The molecule has 3 rings (SSSR count). The molecule has 2 aliphatic heterocycles. The van der Waals surface area contributed by atoms with Gasteiger partial charge >= 0.3 is 0 Å². The van der Waals surface area contributed by atoms with Crippen molar-refractivity contribution < 1.29 is 8.42 Å². The molecule has 0 unspecified atom stereocenters. The zero-order valence-electron chi connectivity index (χ0n) is 12.1. The van der Waals surface area contributed by atoms with Crippen molar-refractivity contribution in [2.75, 3.05) is 19.6 Å². The second-order valence-electron chi connectivity index (χ2n) is 5.75. The minimum atomic E-state index is -3.42. The molecular weight excluding hydrogens is 276 g/mol. The first-order valence-corrected chi connectivity index (χ1v) is 8.74. The highest BCUT2D eigenvalue weighted by Gasteiger charge is 2.40. The van der Waals surface area contributed by atoms with Gasteiger partial charge in [0.2, 0.25) is 10.0 Å². The van der Waals surface area contributed by atoms with Gasteiger partial charge in [-0.3, -0.25) is 9.58 Å². The van der Waals surface area contributed by atoms with Crippen LogP contribution in [0.25, 0.3) is 0 Å². The van der Waals surface area contributed by atoms with Crippen molar-refractivity contribution >= 4 is 10.0 Å². The molecule has 0 N–H and O–H groups in total. The maximum Gasteiger partial charge on any atom is 0.246 e. The fourth-order valence-corrected chi connectivity index (χ4v) is 4.90. The average molecular weight is 298 g/mol. The Kier molecular flexibility index (Phi) is 3.60. The van der Waals surface area contributed by atoms with E-state index in [0.717, 1.165) is 19.5 Å². The number of aryl methyl sites for hydroxylation is 1. The van der Waals surface area contributed by atoms with E-state index in [1.54, 1.807) is 15.2 Å². The van der Waals surface area contributed by atoms with Crippen LogP contribution in [0.4, 0.5) is 0 Å². The fourth-order valence-electron chi connectivity index (χ4n) is 3.28. The van der Waals surface area contributed by atoms with Gasteiger partial charge in [-0.2, -0.15) is 9.40 Å². The van der Waals surface area contributed by atoms with E-state index in [1.807, 2.05) is 13.8 Å². The van der Waals surface area contributed by atoms with Gasteiger partial charge < -0.3 is 0 Å². The Bertz CT molecular complexity index is 583. The molecule has 0 saturated carbocycles. The van der Waals surface area contributed by atoms with Crippen molar-refractivity contribution in [1.29, 1.82) is 0 Å². The predicted molar refractivity (Wildman–Crippen MR) is 75.8 cm³/mol. The monoisotopic (exact) mass is 298 g/mol. The van der Waals surface area contributed by atoms with Crippen molar-refractivity contribution in [1.82, 2.24) is 19.0 Å². The first kappa shape index (κ1) is 14.0. The quantitative estimate of drug-likeness (QED) is 0.827. The summed E-state index contributed by atoms with van der Waals surface area (Å²) >= 11 is 0. The van der Waals surface area contributed by atoms with Crippen LogP contribution in [0.5, 0.6) is 0 Å². The molecule has 1 aromatic rings. The summed E-state index contributed by atoms with van der Waals surface area (Å²) in [6.45, 7) is 7.18. The van der Waals surface area contributed by atoms with Crippen LogP contribution < -0.4 is 0 Å². The number of nitrogens with zero attached hydrogens (tertiary/aromatic N) is 4. The van der Waals surface area contributed by atoms with Crippen LogP contribution in [0.3, 0.4) is 0 Å². The SMILES string of the molecule is CCn1cc(S(=O)(=O)N2C[C@H]3CCCN3C[C@H]2C)cn1. The second-order valence-corrected chi connectivity index (χ2v) is 7.64. The van der Waals surface area contributed by atoms with E-state index in [-0.39, 0.29) is 6.04 Å². The van der Waals surface area contributed by atoms with Gasteiger partial charge in [-0.25, -0.2) is 8.42 Å². The number of rotatable bonds is 3. The molecule has 6 nitrogen and oxygen atoms in total. The fraction of sp³-hybridized carbons (Fsp3) is 0.769. The molecule has 2 aliphatic rings. The van der Waals surface area contributed by atoms with Crippen LogP contribution in [-0.2, 0) is 16.6 Å². The van der Waals surface area contributed by atoms with E-state index >= 15 is 0 Å². The molecule has 112 valence electrons. The number of sulfonamides is 1. The van der Waals surface area contributed by atoms with Gasteiger partial charge in [-0.05, 0) is 33.2 Å². The average Bonchev–Trinajstić information content (AvgIpc) is 3.05. The largest absolute Gasteiger partial charge is 0.297 e. The third kappa shape index (κ3) is 2.27. The lowest BCUT2D eigenvalue weighted by molar-refractivity contribution is 0.117. The van der Waals surface area contributed by atoms with Gasteiger partial charge in [0.25, 0.3) is 0 Å². The van der Waals surface area contributed by atoms with Crippen molar-refractivity contribution in [3.63, 3.8) is 0 Å². The molecule has 0 amide bonds. The summed E-state index contributed by atoms with van der Waals surface area (Å²) in [5, 5.41) is 4.09. The van der Waals surface area contributed by atoms with Crippen LogP contribution in [0.15, 0.2) is 17.3 Å². The van der Waals surface area contributed by atoms with Crippen molar-refractivity contribution in [3.05, 3.63) is 12.4 Å². The van der Waals surface area contributed by atoms with Gasteiger partial charge in [0.15, 0.2) is 0 Å². The highest BCUT2D eigenvalue weighted by Crippen LogP contribution is 2.28. The number of hydrogen-bond donors (Lipinski definition) is 0. The van der Waals surface area contributed by atoms with Crippen LogP contribution in [0.2, 0.25) is 0 Å². The summed E-state index contributed by atoms with van der Waals surface area (Å²) in [7, 11) is -3.42. The smallest absolute Gasteiger partial charge is 0.246 e. The van der Waals surface area contributed by atoms with E-state index in [0.29, 0.717) is 24.0 Å². The molecule has 7 heteroatoms. The zero-order chi connectivity index (χ0) is 14.3. The second kappa shape index (κ2) is 5.13. The summed E-state index contributed by atoms with van der Waals surface area (Å²) in [5.41, 5.74) is 0. The Balaban J connectivity index is 1.86. The first-order valence-electron chi connectivity index (χ1n) is 7.30. The molecule has 0 radical (unpaired) electrons. The topological polar surface area (TPSA) is 58.4 Å². The third-order valence-electron chi connectivity index (χ3n) is 4.42. The van der Waals surface area contributed by atoms with Crippen molar-refractivity contribution in [2.45, 2.75) is 50.2 Å². The third-order valence-corrected chi connectivity index (χ3v) is 6.35. The standard InChI is InChI=1S/C13H22N4O2S/c1-3-16-10-13(7-14-16)20(18,19)17-9-12-5-4-6-15(12)8-11(17)2/h7,10-12H,3-6,8-9H2,1-2H3/t11-,12-/m1/s1. The predicted octanol–water partition coefficient (Wildman–Crippen LogP) is 0.760. The lowest BCUT2D eigenvalue weighted by Gasteiger charge is -2.41. The van der Waals surface area contributed by atoms with Crippen LogP contribution in [-0.4, -0.2) is 59.1 Å². The highest BCUT2D eigenvalue weighted by molar-refractivity contribution is 7.89. The number of hydrogen-bond acceptors (Lipinski definition) is 4. The zero-order valence-corrected chi connectivity index (χ0v) is 12.9. The molecule has 0 bridgehead atoms. The Hall–Kier alpha value is -0.920. The summed E-state index contributed by atoms with van der Waals surface area (Å²) in [4.78, 5) is 2.74. The molecule has 2 fully saturated rings. The van der Waals surface area contributed by atoms with E-state index in [4.69, 9.17) is 0 Å². The van der Waals surface area contributed by atoms with Crippen molar-refractivity contribution in [2.24, 2.45) is 0 Å². The number of piperazine rings is 1. The minimum Gasteiger partial charge on any atom is -0.297 e. The molecule has 0 aromatic carbocycles. The van der Waals surface area contributed by atoms with Crippen LogP contribution in [0.1, 0.15) is 26.7 Å². The van der Waals surface area contributed by atoms with Gasteiger partial charge in [-0.1, -0.05) is 0 Å². The normalized spacial score (nSPS) is 28.7. The van der Waals surface area contributed by atoms with Gasteiger partial charge in [0.1, 0.15) is 4.90 Å². The maximum atomic E-state index is 12.8. The van der Waals surface area contributed by atoms with E-state index in [1.165, 1.54) is 12.6 Å². The molecule has 1 aromatic heterocycles. The molecule has 2 atom stereocenters. The van der Waals surface area contributed by atoms with Gasteiger partial charge in [0.05, 0.1) is 6.20 Å². The lowest BCUT2D eigenvalue weighted by Crippen LogP contribution is -2.56. The Morgan fingerprint density at radius 1 is 1.40 bits per heavy atom. The Morgan fingerprint density at radius 2 is 2.20 bits per heavy atom. The summed E-state index contributed by atoms with van der Waals surface area (Å²) < 4.78 is 28.9. The lowest BCUT2D eigenvalue weighted by atomic mass is 10.1. The summed E-state index contributed by atoms with van der Waals surface area (Å²) in [5.74, 6) is 0. The van der Waals surface area contributed by atoms with E-state index in [9.17, 15) is 8.42 Å². The molecular formula is C13H22N4O2S. The molecule has 0 aliphatic carbocycles. The maximum absolute atomic E-state index is 12.8. The Labute approximate surface area is 120 Å². The summed E-state index contributed by atoms with van der Waals surface area (Å²) in [6, 6.07) is 0.418. The summed E-state index contributed by atoms with van der Waals surface area (Å²) in [6.07, 6.45) is 5.38. The first-order chi connectivity index (χ1) is 9.52. The molecule has 3 heterocycles. The van der Waals surface area contributed by atoms with Crippen molar-refractivity contribution in [3.8, 4) is 0 Å². The molecule has 20 heavy (non-hydrogen) atoms. The Morgan fingerprint density at radius 3 is 2.90 bits per heavy atom. The molecule has 2 saturated heterocycles. The van der Waals surface area contributed by atoms with E-state index in [2.05, 4.69) is 10.00 Å². The number of aromatic nitrogens is 2. The van der Waals surface area contributed by atoms with Crippen LogP contribution in [0, 0.1) is 0 Å².